The van der Waals surface area contributed by atoms with Crippen molar-refractivity contribution in [2.75, 3.05) is 13.2 Å². The summed E-state index contributed by atoms with van der Waals surface area (Å²) in [4.78, 5) is 38.2. The predicted molar refractivity (Wildman–Crippen MR) is 325 cm³/mol. The SMILES string of the molecule is CC/C=C\C/C=C\C/C=C\C/C=C\CCCCCCCCCCCCCCCCCCC(=O)OCC(COC(=O)CCCCCCC/C=C\CCCC)OC(=O)CCCCCCCCCCCCCCCCCCC. The van der Waals surface area contributed by atoms with Crippen LogP contribution in [0.4, 0.5) is 0 Å². The second kappa shape index (κ2) is 63.6. The number of allylic oxidation sites excluding steroid dienone is 10. The summed E-state index contributed by atoms with van der Waals surface area (Å²) in [5.74, 6) is -0.861. The molecular weight excluding hydrogens is 925 g/mol. The van der Waals surface area contributed by atoms with Crippen LogP contribution in [0.5, 0.6) is 0 Å². The molecule has 6 heteroatoms. The lowest BCUT2D eigenvalue weighted by Crippen LogP contribution is -2.30. The first-order chi connectivity index (χ1) is 37.0. The highest BCUT2D eigenvalue weighted by atomic mass is 16.6. The molecule has 6 nitrogen and oxygen atoms in total. The zero-order chi connectivity index (χ0) is 54.3. The number of hydrogen-bond acceptors (Lipinski definition) is 6. The monoisotopic (exact) mass is 1050 g/mol. The highest BCUT2D eigenvalue weighted by Gasteiger charge is 2.19. The Morgan fingerprint density at radius 1 is 0.280 bits per heavy atom. The van der Waals surface area contributed by atoms with Crippen molar-refractivity contribution in [1.29, 1.82) is 0 Å². The minimum absolute atomic E-state index is 0.0719. The van der Waals surface area contributed by atoms with E-state index in [1.54, 1.807) is 0 Å². The molecule has 0 aliphatic rings. The summed E-state index contributed by atoms with van der Waals surface area (Å²) in [6, 6.07) is 0. The fraction of sp³-hybridized carbons (Fsp3) is 0.812. The van der Waals surface area contributed by atoms with Gasteiger partial charge in [-0.25, -0.2) is 0 Å². The summed E-state index contributed by atoms with van der Waals surface area (Å²) < 4.78 is 16.9. The number of unbranched alkanes of at least 4 members (excludes halogenated alkanes) is 39. The summed E-state index contributed by atoms with van der Waals surface area (Å²) in [5, 5.41) is 0. The zero-order valence-electron chi connectivity index (χ0n) is 50.1. The second-order valence-electron chi connectivity index (χ2n) is 22.0. The maximum atomic E-state index is 12.9. The van der Waals surface area contributed by atoms with E-state index in [-0.39, 0.29) is 31.1 Å². The minimum Gasteiger partial charge on any atom is -0.462 e. The van der Waals surface area contributed by atoms with Crippen LogP contribution in [0.15, 0.2) is 60.8 Å². The van der Waals surface area contributed by atoms with Crippen LogP contribution in [0.25, 0.3) is 0 Å². The normalized spacial score (nSPS) is 12.4. The molecule has 1 unspecified atom stereocenters. The van der Waals surface area contributed by atoms with Crippen molar-refractivity contribution in [3.05, 3.63) is 60.8 Å². The van der Waals surface area contributed by atoms with Crippen LogP contribution in [0, 0.1) is 0 Å². The molecule has 75 heavy (non-hydrogen) atoms. The molecule has 436 valence electrons. The highest BCUT2D eigenvalue weighted by molar-refractivity contribution is 5.71. The van der Waals surface area contributed by atoms with Crippen LogP contribution < -0.4 is 0 Å². The number of esters is 3. The molecule has 0 heterocycles. The quantitative estimate of drug-likeness (QED) is 0.0261. The van der Waals surface area contributed by atoms with E-state index in [1.807, 2.05) is 0 Å². The summed E-state index contributed by atoms with van der Waals surface area (Å²) in [6.07, 6.45) is 81.0. The molecule has 0 aromatic heterocycles. The van der Waals surface area contributed by atoms with E-state index in [2.05, 4.69) is 81.5 Å². The van der Waals surface area contributed by atoms with Crippen LogP contribution in [0.1, 0.15) is 342 Å². The number of carbonyl (C=O) groups excluding carboxylic acids is 3. The van der Waals surface area contributed by atoms with Gasteiger partial charge in [0.15, 0.2) is 6.10 Å². The standard InChI is InChI=1S/C69H124O6/c1-4-7-10-13-16-19-22-24-26-28-29-30-31-32-33-34-35-36-37-38-39-41-42-44-47-50-53-56-59-62-68(71)74-65-66(64-73-67(70)61-58-55-52-49-46-21-18-15-12-9-6-3)75-69(72)63-60-57-54-51-48-45-43-40-27-25-23-20-17-14-11-8-5-2/h7,10,15-16,18-19,24,26,29-30,66H,4-6,8-9,11-14,17,20-23,25,27-28,31-65H2,1-3H3/b10-7-,18-15-,19-16-,26-24-,30-29-. The number of rotatable bonds is 60. The highest BCUT2D eigenvalue weighted by Crippen LogP contribution is 2.18. The number of ether oxygens (including phenoxy) is 3. The predicted octanol–water partition coefficient (Wildman–Crippen LogP) is 22.3. The number of carbonyl (C=O) groups is 3. The van der Waals surface area contributed by atoms with E-state index in [4.69, 9.17) is 14.2 Å². The maximum absolute atomic E-state index is 12.9. The molecule has 0 fully saturated rings. The molecule has 1 atom stereocenters. The van der Waals surface area contributed by atoms with Crippen molar-refractivity contribution in [3.63, 3.8) is 0 Å². The summed E-state index contributed by atoms with van der Waals surface area (Å²) in [6.45, 7) is 6.53. The van der Waals surface area contributed by atoms with Gasteiger partial charge in [-0.3, -0.25) is 14.4 Å². The van der Waals surface area contributed by atoms with E-state index in [1.165, 1.54) is 212 Å². The van der Waals surface area contributed by atoms with E-state index in [0.717, 1.165) is 89.9 Å². The Bertz CT molecular complexity index is 1340. The third kappa shape index (κ3) is 61.8. The van der Waals surface area contributed by atoms with Gasteiger partial charge in [0.25, 0.3) is 0 Å². The third-order valence-corrected chi connectivity index (χ3v) is 14.5. The van der Waals surface area contributed by atoms with E-state index in [0.29, 0.717) is 19.3 Å². The Hall–Kier alpha value is -2.89. The van der Waals surface area contributed by atoms with Gasteiger partial charge in [0.1, 0.15) is 13.2 Å². The average molecular weight is 1050 g/mol. The average Bonchev–Trinajstić information content (AvgIpc) is 3.41. The Morgan fingerprint density at radius 3 is 0.867 bits per heavy atom. The van der Waals surface area contributed by atoms with E-state index >= 15 is 0 Å². The van der Waals surface area contributed by atoms with Crippen molar-refractivity contribution in [1.82, 2.24) is 0 Å². The fourth-order valence-electron chi connectivity index (χ4n) is 9.59. The molecule has 0 aromatic carbocycles. The van der Waals surface area contributed by atoms with E-state index < -0.39 is 6.10 Å². The molecular formula is C69H124O6. The van der Waals surface area contributed by atoms with Crippen LogP contribution in [0.2, 0.25) is 0 Å². The molecule has 0 saturated carbocycles. The third-order valence-electron chi connectivity index (χ3n) is 14.5. The molecule has 0 spiro atoms. The zero-order valence-corrected chi connectivity index (χ0v) is 50.1. The van der Waals surface area contributed by atoms with Gasteiger partial charge >= 0.3 is 17.9 Å². The summed E-state index contributed by atoms with van der Waals surface area (Å²) >= 11 is 0. The van der Waals surface area contributed by atoms with Gasteiger partial charge in [-0.15, -0.1) is 0 Å². The topological polar surface area (TPSA) is 78.9 Å². The Balaban J connectivity index is 4.16. The molecule has 0 N–H and O–H groups in total. The first-order valence-corrected chi connectivity index (χ1v) is 32.8. The Morgan fingerprint density at radius 2 is 0.533 bits per heavy atom. The molecule has 0 radical (unpaired) electrons. The maximum Gasteiger partial charge on any atom is 0.306 e. The molecule has 0 rings (SSSR count). The van der Waals surface area contributed by atoms with Gasteiger partial charge in [0.05, 0.1) is 0 Å². The molecule has 0 aliphatic heterocycles. The molecule has 0 saturated heterocycles. The lowest BCUT2D eigenvalue weighted by atomic mass is 10.0. The second-order valence-corrected chi connectivity index (χ2v) is 22.0. The van der Waals surface area contributed by atoms with Crippen LogP contribution in [-0.2, 0) is 28.6 Å². The molecule has 0 aliphatic carbocycles. The summed E-state index contributed by atoms with van der Waals surface area (Å²) in [5.41, 5.74) is 0. The molecule has 0 amide bonds. The minimum atomic E-state index is -0.774. The van der Waals surface area contributed by atoms with Gasteiger partial charge in [0.2, 0.25) is 0 Å². The van der Waals surface area contributed by atoms with Gasteiger partial charge < -0.3 is 14.2 Å². The van der Waals surface area contributed by atoms with Gasteiger partial charge in [-0.2, -0.15) is 0 Å². The molecule has 0 aromatic rings. The lowest BCUT2D eigenvalue weighted by Gasteiger charge is -2.18. The number of hydrogen-bond donors (Lipinski definition) is 0. The van der Waals surface area contributed by atoms with Crippen LogP contribution in [0.3, 0.4) is 0 Å². The largest absolute Gasteiger partial charge is 0.462 e. The smallest absolute Gasteiger partial charge is 0.306 e. The lowest BCUT2D eigenvalue weighted by molar-refractivity contribution is -0.167. The Kier molecular flexibility index (Phi) is 61.2. The molecule has 0 bridgehead atoms. The summed E-state index contributed by atoms with van der Waals surface area (Å²) in [7, 11) is 0. The van der Waals surface area contributed by atoms with Crippen molar-refractivity contribution >= 4 is 17.9 Å². The van der Waals surface area contributed by atoms with E-state index in [9.17, 15) is 14.4 Å². The van der Waals surface area contributed by atoms with Gasteiger partial charge in [-0.05, 0) is 77.0 Å². The van der Waals surface area contributed by atoms with Crippen molar-refractivity contribution in [2.45, 2.75) is 348 Å². The van der Waals surface area contributed by atoms with Crippen molar-refractivity contribution in [3.8, 4) is 0 Å². The van der Waals surface area contributed by atoms with Crippen LogP contribution in [-0.4, -0.2) is 37.2 Å². The van der Waals surface area contributed by atoms with Crippen molar-refractivity contribution in [2.24, 2.45) is 0 Å². The first kappa shape index (κ1) is 72.1. The van der Waals surface area contributed by atoms with Crippen LogP contribution >= 0.6 is 0 Å². The first-order valence-electron chi connectivity index (χ1n) is 32.8. The van der Waals surface area contributed by atoms with Gasteiger partial charge in [0, 0.05) is 19.3 Å². The fourth-order valence-corrected chi connectivity index (χ4v) is 9.59. The Labute approximate surface area is 466 Å². The van der Waals surface area contributed by atoms with Gasteiger partial charge in [-0.1, -0.05) is 306 Å². The van der Waals surface area contributed by atoms with Crippen molar-refractivity contribution < 1.29 is 28.6 Å².